The van der Waals surface area contributed by atoms with Crippen LogP contribution in [0, 0.1) is 0 Å². The van der Waals surface area contributed by atoms with Gasteiger partial charge in [0.25, 0.3) is 0 Å². The maximum Gasteiger partial charge on any atom is 0.171 e. The first-order valence-corrected chi connectivity index (χ1v) is 8.73. The third kappa shape index (κ3) is 2.65. The highest BCUT2D eigenvalue weighted by atomic mass is 32.1. The van der Waals surface area contributed by atoms with Gasteiger partial charge in [0.05, 0.1) is 20.3 Å². The van der Waals surface area contributed by atoms with Crippen molar-refractivity contribution in [2.24, 2.45) is 0 Å². The Morgan fingerprint density at radius 3 is 2.64 bits per heavy atom. The number of benzene rings is 2. The summed E-state index contributed by atoms with van der Waals surface area (Å²) in [4.78, 5) is 0. The predicted molar refractivity (Wildman–Crippen MR) is 103 cm³/mol. The van der Waals surface area contributed by atoms with Gasteiger partial charge in [0.2, 0.25) is 0 Å². The minimum absolute atomic E-state index is 0.0258. The average molecular weight is 352 g/mol. The average Bonchev–Trinajstić information content (AvgIpc) is 2.66. The molecule has 0 spiro atoms. The van der Waals surface area contributed by atoms with Crippen molar-refractivity contribution in [3.05, 3.63) is 64.7 Å². The fourth-order valence-corrected chi connectivity index (χ4v) is 3.98. The largest absolute Gasteiger partial charge is 0.493 e. The molecule has 0 amide bonds. The number of rotatable bonds is 3. The summed E-state index contributed by atoms with van der Waals surface area (Å²) >= 11 is 5.49. The van der Waals surface area contributed by atoms with Crippen molar-refractivity contribution in [2.75, 3.05) is 14.2 Å². The van der Waals surface area contributed by atoms with Crippen LogP contribution in [-0.4, -0.2) is 19.3 Å². The molecule has 2 aliphatic rings. The highest BCUT2D eigenvalue weighted by Crippen LogP contribution is 2.43. The van der Waals surface area contributed by atoms with E-state index in [9.17, 15) is 0 Å². The SMILES string of the molecule is COc1cccc([C@@H]2NC(=S)NC3=C2CCc2ccccc23)c1OC. The molecule has 0 unspecified atom stereocenters. The topological polar surface area (TPSA) is 42.5 Å². The van der Waals surface area contributed by atoms with Crippen LogP contribution in [-0.2, 0) is 6.42 Å². The zero-order chi connectivity index (χ0) is 17.4. The van der Waals surface area contributed by atoms with Gasteiger partial charge in [0.15, 0.2) is 16.6 Å². The van der Waals surface area contributed by atoms with Gasteiger partial charge in [-0.2, -0.15) is 0 Å². The number of aryl methyl sites for hydroxylation is 1. The van der Waals surface area contributed by atoms with Gasteiger partial charge in [-0.3, -0.25) is 0 Å². The Bertz CT molecular complexity index is 876. The lowest BCUT2D eigenvalue weighted by Crippen LogP contribution is -2.44. The second-order valence-corrected chi connectivity index (χ2v) is 6.58. The summed E-state index contributed by atoms with van der Waals surface area (Å²) in [6.07, 6.45) is 1.99. The summed E-state index contributed by atoms with van der Waals surface area (Å²) < 4.78 is 11.1. The molecular weight excluding hydrogens is 332 g/mol. The van der Waals surface area contributed by atoms with Crippen LogP contribution < -0.4 is 20.1 Å². The van der Waals surface area contributed by atoms with Crippen molar-refractivity contribution >= 4 is 23.0 Å². The maximum absolute atomic E-state index is 5.65. The van der Waals surface area contributed by atoms with Gasteiger partial charge in [0, 0.05) is 16.8 Å². The van der Waals surface area contributed by atoms with Crippen molar-refractivity contribution in [3.63, 3.8) is 0 Å². The molecule has 2 aromatic rings. The monoisotopic (exact) mass is 352 g/mol. The first-order chi connectivity index (χ1) is 12.2. The van der Waals surface area contributed by atoms with Gasteiger partial charge < -0.3 is 20.1 Å². The van der Waals surface area contributed by atoms with E-state index in [1.807, 2.05) is 12.1 Å². The van der Waals surface area contributed by atoms with Crippen LogP contribution in [0.25, 0.3) is 5.70 Å². The van der Waals surface area contributed by atoms with Crippen LogP contribution in [0.1, 0.15) is 29.2 Å². The van der Waals surface area contributed by atoms with Crippen molar-refractivity contribution in [2.45, 2.75) is 18.9 Å². The minimum Gasteiger partial charge on any atom is -0.493 e. The second-order valence-electron chi connectivity index (χ2n) is 6.17. The van der Waals surface area contributed by atoms with E-state index in [1.54, 1.807) is 14.2 Å². The van der Waals surface area contributed by atoms with Crippen LogP contribution in [0.15, 0.2) is 48.0 Å². The van der Waals surface area contributed by atoms with Gasteiger partial charge >= 0.3 is 0 Å². The van der Waals surface area contributed by atoms with E-state index in [4.69, 9.17) is 21.7 Å². The Morgan fingerprint density at radius 1 is 1.00 bits per heavy atom. The summed E-state index contributed by atoms with van der Waals surface area (Å²) in [5.41, 5.74) is 6.06. The Balaban J connectivity index is 1.88. The molecule has 5 heteroatoms. The third-order valence-electron chi connectivity index (χ3n) is 4.88. The van der Waals surface area contributed by atoms with Crippen molar-refractivity contribution in [1.82, 2.24) is 10.6 Å². The first kappa shape index (κ1) is 16.0. The van der Waals surface area contributed by atoms with E-state index in [2.05, 4.69) is 41.0 Å². The van der Waals surface area contributed by atoms with Gasteiger partial charge in [-0.1, -0.05) is 36.4 Å². The van der Waals surface area contributed by atoms with E-state index in [0.717, 1.165) is 35.6 Å². The summed E-state index contributed by atoms with van der Waals surface area (Å²) in [5.74, 6) is 1.47. The quantitative estimate of drug-likeness (QED) is 0.827. The van der Waals surface area contributed by atoms with Crippen LogP contribution in [0.2, 0.25) is 0 Å². The first-order valence-electron chi connectivity index (χ1n) is 8.32. The molecular formula is C20H20N2O2S. The van der Waals surface area contributed by atoms with Crippen LogP contribution >= 0.6 is 12.2 Å². The molecule has 25 heavy (non-hydrogen) atoms. The number of methoxy groups -OCH3 is 2. The van der Waals surface area contributed by atoms with Crippen LogP contribution in [0.4, 0.5) is 0 Å². The van der Waals surface area contributed by atoms with E-state index >= 15 is 0 Å². The third-order valence-corrected chi connectivity index (χ3v) is 5.10. The van der Waals surface area contributed by atoms with Gasteiger partial charge in [0.1, 0.15) is 0 Å². The highest BCUT2D eigenvalue weighted by molar-refractivity contribution is 7.80. The summed E-state index contributed by atoms with van der Waals surface area (Å²) in [5, 5.41) is 7.41. The number of para-hydroxylation sites is 1. The Hall–Kier alpha value is -2.53. The number of hydrogen-bond donors (Lipinski definition) is 2. The number of thiocarbonyl (C=S) groups is 1. The Kier molecular flexibility index (Phi) is 4.09. The molecule has 1 aliphatic carbocycles. The number of fused-ring (bicyclic) bond motifs is 2. The molecule has 0 saturated heterocycles. The molecule has 4 nitrogen and oxygen atoms in total. The molecule has 0 fully saturated rings. The lowest BCUT2D eigenvalue weighted by atomic mass is 9.82. The van der Waals surface area contributed by atoms with E-state index < -0.39 is 0 Å². The predicted octanol–water partition coefficient (Wildman–Crippen LogP) is 3.58. The van der Waals surface area contributed by atoms with Gasteiger partial charge in [-0.15, -0.1) is 0 Å². The molecule has 1 atom stereocenters. The maximum atomic E-state index is 5.65. The van der Waals surface area contributed by atoms with Crippen molar-refractivity contribution < 1.29 is 9.47 Å². The molecule has 0 aromatic heterocycles. The molecule has 0 saturated carbocycles. The molecule has 0 bridgehead atoms. The highest BCUT2D eigenvalue weighted by Gasteiger charge is 2.32. The molecule has 128 valence electrons. The molecule has 2 N–H and O–H groups in total. The summed E-state index contributed by atoms with van der Waals surface area (Å²) in [6.45, 7) is 0. The summed E-state index contributed by atoms with van der Waals surface area (Å²) in [7, 11) is 3.33. The Morgan fingerprint density at radius 2 is 1.84 bits per heavy atom. The number of hydrogen-bond acceptors (Lipinski definition) is 3. The molecule has 1 aliphatic heterocycles. The summed E-state index contributed by atoms with van der Waals surface area (Å²) in [6, 6.07) is 14.4. The number of ether oxygens (including phenoxy) is 2. The molecule has 0 radical (unpaired) electrons. The van der Waals surface area contributed by atoms with Crippen LogP contribution in [0.5, 0.6) is 11.5 Å². The second kappa shape index (κ2) is 6.41. The van der Waals surface area contributed by atoms with Crippen LogP contribution in [0.3, 0.4) is 0 Å². The van der Waals surface area contributed by atoms with Crippen molar-refractivity contribution in [1.29, 1.82) is 0 Å². The van der Waals surface area contributed by atoms with Gasteiger partial charge in [-0.25, -0.2) is 0 Å². The standard InChI is InChI=1S/C20H20N2O2S/c1-23-16-9-5-8-15(19(16)24-2)18-14-11-10-12-6-3-4-7-13(12)17(14)21-20(25)22-18/h3-9,18H,10-11H2,1-2H3,(H2,21,22,25)/t18-/m1/s1. The zero-order valence-corrected chi connectivity index (χ0v) is 15.1. The van der Waals surface area contributed by atoms with Crippen molar-refractivity contribution in [3.8, 4) is 11.5 Å². The fourth-order valence-electron chi connectivity index (χ4n) is 3.76. The zero-order valence-electron chi connectivity index (χ0n) is 14.3. The van der Waals surface area contributed by atoms with E-state index in [1.165, 1.54) is 16.7 Å². The minimum atomic E-state index is -0.0258. The number of nitrogens with one attached hydrogen (secondary N) is 2. The molecule has 1 heterocycles. The van der Waals surface area contributed by atoms with E-state index in [-0.39, 0.29) is 6.04 Å². The lowest BCUT2D eigenvalue weighted by Gasteiger charge is -2.36. The van der Waals surface area contributed by atoms with Gasteiger partial charge in [-0.05, 0) is 42.3 Å². The van der Waals surface area contributed by atoms with E-state index in [0.29, 0.717) is 5.11 Å². The molecule has 4 rings (SSSR count). The smallest absolute Gasteiger partial charge is 0.171 e. The molecule has 2 aromatic carbocycles. The fraction of sp³-hybridized carbons (Fsp3) is 0.250. The normalized spacial score (nSPS) is 18.6. The Labute approximate surface area is 152 Å². The lowest BCUT2D eigenvalue weighted by molar-refractivity contribution is 0.349.